The summed E-state index contributed by atoms with van der Waals surface area (Å²) in [6.45, 7) is 4.04. The number of aryl methyl sites for hydroxylation is 1. The van der Waals surface area contributed by atoms with Crippen LogP contribution in [0.15, 0.2) is 42.6 Å². The number of ether oxygens (including phenoxy) is 1. The summed E-state index contributed by atoms with van der Waals surface area (Å²) >= 11 is 0. The molecule has 0 saturated carbocycles. The molecule has 0 radical (unpaired) electrons. The van der Waals surface area contributed by atoms with E-state index in [-0.39, 0.29) is 17.9 Å². The topological polar surface area (TPSA) is 74.7 Å². The van der Waals surface area contributed by atoms with Crippen LogP contribution in [0.1, 0.15) is 22.9 Å². The van der Waals surface area contributed by atoms with Crippen molar-refractivity contribution >= 4 is 6.03 Å². The maximum absolute atomic E-state index is 12.4. The monoisotopic (exact) mass is 341 g/mol. The molecule has 0 spiro atoms. The summed E-state index contributed by atoms with van der Waals surface area (Å²) in [5.41, 5.74) is 2.97. The second-order valence-electron chi connectivity index (χ2n) is 6.19. The number of benzene rings is 1. The Labute approximate surface area is 147 Å². The second-order valence-corrected chi connectivity index (χ2v) is 6.19. The number of aromatic nitrogens is 1. The molecule has 1 aliphatic heterocycles. The number of nitrogens with one attached hydrogen (secondary N) is 1. The van der Waals surface area contributed by atoms with Crippen molar-refractivity contribution < 1.29 is 14.6 Å². The van der Waals surface area contributed by atoms with Gasteiger partial charge in [0, 0.05) is 25.0 Å². The van der Waals surface area contributed by atoms with E-state index in [1.807, 2.05) is 31.3 Å². The number of pyridine rings is 1. The smallest absolute Gasteiger partial charge is 0.317 e. The van der Waals surface area contributed by atoms with Crippen LogP contribution in [0.4, 0.5) is 4.79 Å². The fraction of sp³-hybridized carbons (Fsp3) is 0.368. The van der Waals surface area contributed by atoms with Crippen LogP contribution in [0, 0.1) is 6.92 Å². The van der Waals surface area contributed by atoms with E-state index in [0.717, 1.165) is 23.2 Å². The van der Waals surface area contributed by atoms with Crippen LogP contribution in [0.25, 0.3) is 0 Å². The molecule has 0 bridgehead atoms. The number of phenols is 1. The fourth-order valence-corrected chi connectivity index (χ4v) is 2.83. The van der Waals surface area contributed by atoms with Crippen molar-refractivity contribution in [2.24, 2.45) is 0 Å². The van der Waals surface area contributed by atoms with Crippen molar-refractivity contribution in [1.29, 1.82) is 0 Å². The number of hydrogen-bond acceptors (Lipinski definition) is 4. The number of morpholine rings is 1. The predicted molar refractivity (Wildman–Crippen MR) is 94.4 cm³/mol. The molecule has 25 heavy (non-hydrogen) atoms. The molecule has 1 aromatic heterocycles. The van der Waals surface area contributed by atoms with E-state index in [2.05, 4.69) is 10.3 Å². The van der Waals surface area contributed by atoms with E-state index >= 15 is 0 Å². The average molecular weight is 341 g/mol. The van der Waals surface area contributed by atoms with Gasteiger partial charge in [-0.2, -0.15) is 0 Å². The Morgan fingerprint density at radius 3 is 3.04 bits per heavy atom. The Morgan fingerprint density at radius 2 is 2.28 bits per heavy atom. The second kappa shape index (κ2) is 7.98. The summed E-state index contributed by atoms with van der Waals surface area (Å²) in [5.74, 6) is 0.203. The standard InChI is InChI=1S/C19H23N3O3/c1-14-5-6-15(12-21-14)7-8-20-19(24)22-9-10-25-18(13-22)16-3-2-4-17(23)11-16/h2-6,11-12,18,23H,7-10,13H2,1H3,(H,20,24). The fourth-order valence-electron chi connectivity index (χ4n) is 2.83. The molecule has 2 amide bonds. The molecule has 1 aromatic carbocycles. The van der Waals surface area contributed by atoms with Crippen LogP contribution in [0.5, 0.6) is 5.75 Å². The number of aromatic hydroxyl groups is 1. The van der Waals surface area contributed by atoms with Gasteiger partial charge in [-0.1, -0.05) is 18.2 Å². The lowest BCUT2D eigenvalue weighted by atomic mass is 10.1. The molecule has 2 heterocycles. The quantitative estimate of drug-likeness (QED) is 0.896. The van der Waals surface area contributed by atoms with E-state index in [9.17, 15) is 9.90 Å². The Kier molecular flexibility index (Phi) is 5.50. The third kappa shape index (κ3) is 4.70. The minimum absolute atomic E-state index is 0.0893. The largest absolute Gasteiger partial charge is 0.508 e. The first-order chi connectivity index (χ1) is 12.1. The molecular weight excluding hydrogens is 318 g/mol. The van der Waals surface area contributed by atoms with Crippen LogP contribution in [0.3, 0.4) is 0 Å². The number of urea groups is 1. The van der Waals surface area contributed by atoms with Crippen molar-refractivity contribution in [3.8, 4) is 5.75 Å². The first kappa shape index (κ1) is 17.2. The first-order valence-electron chi connectivity index (χ1n) is 8.46. The highest BCUT2D eigenvalue weighted by atomic mass is 16.5. The van der Waals surface area contributed by atoms with Crippen molar-refractivity contribution in [2.75, 3.05) is 26.2 Å². The van der Waals surface area contributed by atoms with Crippen LogP contribution >= 0.6 is 0 Å². The zero-order valence-corrected chi connectivity index (χ0v) is 14.3. The summed E-state index contributed by atoms with van der Waals surface area (Å²) < 4.78 is 5.74. The molecule has 2 aromatic rings. The zero-order valence-electron chi connectivity index (χ0n) is 14.3. The molecule has 0 aliphatic carbocycles. The van der Waals surface area contributed by atoms with Crippen molar-refractivity contribution in [3.63, 3.8) is 0 Å². The number of hydrogen-bond donors (Lipinski definition) is 2. The molecule has 6 nitrogen and oxygen atoms in total. The highest BCUT2D eigenvalue weighted by molar-refractivity contribution is 5.74. The minimum atomic E-state index is -0.215. The highest BCUT2D eigenvalue weighted by Crippen LogP contribution is 2.24. The highest BCUT2D eigenvalue weighted by Gasteiger charge is 2.25. The number of phenolic OH excluding ortho intramolecular Hbond substituents is 1. The van der Waals surface area contributed by atoms with Crippen LogP contribution in [-0.2, 0) is 11.2 Å². The van der Waals surface area contributed by atoms with Gasteiger partial charge in [0.2, 0.25) is 0 Å². The molecule has 1 saturated heterocycles. The Hall–Kier alpha value is -2.60. The third-order valence-corrected chi connectivity index (χ3v) is 4.26. The summed E-state index contributed by atoms with van der Waals surface area (Å²) in [7, 11) is 0. The molecule has 1 aliphatic rings. The van der Waals surface area contributed by atoms with E-state index in [1.165, 1.54) is 0 Å². The van der Waals surface area contributed by atoms with Gasteiger partial charge in [0.1, 0.15) is 11.9 Å². The molecule has 1 atom stereocenters. The van der Waals surface area contributed by atoms with Crippen LogP contribution < -0.4 is 5.32 Å². The average Bonchev–Trinajstić information content (AvgIpc) is 2.63. The predicted octanol–water partition coefficient (Wildman–Crippen LogP) is 2.42. The lowest BCUT2D eigenvalue weighted by Crippen LogP contribution is -2.47. The van der Waals surface area contributed by atoms with Gasteiger partial charge in [0.15, 0.2) is 0 Å². The molecule has 6 heteroatoms. The molecule has 3 rings (SSSR count). The van der Waals surface area contributed by atoms with E-state index in [0.29, 0.717) is 26.2 Å². The van der Waals surface area contributed by atoms with Crippen LogP contribution in [-0.4, -0.2) is 47.3 Å². The van der Waals surface area contributed by atoms with Gasteiger partial charge in [-0.3, -0.25) is 4.98 Å². The van der Waals surface area contributed by atoms with Crippen molar-refractivity contribution in [2.45, 2.75) is 19.4 Å². The first-order valence-corrected chi connectivity index (χ1v) is 8.46. The Morgan fingerprint density at radius 1 is 1.40 bits per heavy atom. The summed E-state index contributed by atoms with van der Waals surface area (Å²) in [6, 6.07) is 10.9. The zero-order chi connectivity index (χ0) is 17.6. The molecular formula is C19H23N3O3. The lowest BCUT2D eigenvalue weighted by Gasteiger charge is -2.33. The number of carbonyl (C=O) groups is 1. The normalized spacial score (nSPS) is 17.3. The van der Waals surface area contributed by atoms with Gasteiger partial charge < -0.3 is 20.1 Å². The Balaban J connectivity index is 1.50. The molecule has 1 unspecified atom stereocenters. The summed E-state index contributed by atoms with van der Waals surface area (Å²) in [5, 5.41) is 12.6. The van der Waals surface area contributed by atoms with Crippen molar-refractivity contribution in [3.05, 3.63) is 59.4 Å². The van der Waals surface area contributed by atoms with Gasteiger partial charge in [-0.25, -0.2) is 4.79 Å². The minimum Gasteiger partial charge on any atom is -0.508 e. The van der Waals surface area contributed by atoms with Gasteiger partial charge in [-0.05, 0) is 42.7 Å². The van der Waals surface area contributed by atoms with E-state index in [1.54, 1.807) is 23.1 Å². The van der Waals surface area contributed by atoms with Crippen LogP contribution in [0.2, 0.25) is 0 Å². The maximum atomic E-state index is 12.4. The van der Waals surface area contributed by atoms with Gasteiger partial charge in [0.05, 0.1) is 13.2 Å². The number of amides is 2. The Bertz CT molecular complexity index is 718. The van der Waals surface area contributed by atoms with Gasteiger partial charge in [0.25, 0.3) is 0 Å². The molecule has 1 fully saturated rings. The van der Waals surface area contributed by atoms with Gasteiger partial charge in [-0.15, -0.1) is 0 Å². The summed E-state index contributed by atoms with van der Waals surface area (Å²) in [6.07, 6.45) is 2.38. The number of nitrogens with zero attached hydrogens (tertiary/aromatic N) is 2. The molecule has 2 N–H and O–H groups in total. The van der Waals surface area contributed by atoms with E-state index < -0.39 is 0 Å². The third-order valence-electron chi connectivity index (χ3n) is 4.26. The lowest BCUT2D eigenvalue weighted by molar-refractivity contribution is -0.0154. The van der Waals surface area contributed by atoms with E-state index in [4.69, 9.17) is 4.74 Å². The summed E-state index contributed by atoms with van der Waals surface area (Å²) in [4.78, 5) is 18.4. The SMILES string of the molecule is Cc1ccc(CCNC(=O)N2CCOC(c3cccc(O)c3)C2)cn1. The maximum Gasteiger partial charge on any atom is 0.317 e. The van der Waals surface area contributed by atoms with Crippen molar-refractivity contribution in [1.82, 2.24) is 15.2 Å². The number of rotatable bonds is 4. The molecule has 132 valence electrons. The van der Waals surface area contributed by atoms with Gasteiger partial charge >= 0.3 is 6.03 Å². The number of carbonyl (C=O) groups excluding carboxylic acids is 1.